The lowest BCUT2D eigenvalue weighted by Crippen LogP contribution is -2.16. The Morgan fingerprint density at radius 3 is 2.61 bits per heavy atom. The monoisotopic (exact) mass is 323 g/mol. The van der Waals surface area contributed by atoms with Crippen molar-refractivity contribution in [3.05, 3.63) is 46.8 Å². The normalized spacial score (nSPS) is 20.4. The van der Waals surface area contributed by atoms with Crippen LogP contribution in [0, 0.1) is 19.8 Å². The number of hydrogen-bond acceptors (Lipinski definition) is 2. The van der Waals surface area contributed by atoms with Crippen LogP contribution in [0.1, 0.15) is 34.9 Å². The molecular weight excluding hydrogens is 307 g/mol. The maximum absolute atomic E-state index is 13.1. The Morgan fingerprint density at radius 2 is 2.00 bits per heavy atom. The molecule has 122 valence electrons. The van der Waals surface area contributed by atoms with Crippen LogP contribution < -0.4 is 5.32 Å². The number of H-pyrrole nitrogens is 1. The fraction of sp³-hybridized carbons (Fsp3) is 0.375. The molecule has 7 heteroatoms. The third-order valence-electron chi connectivity index (χ3n) is 4.17. The van der Waals surface area contributed by atoms with Crippen LogP contribution >= 0.6 is 0 Å². The number of carbonyl (C=O) groups excluding carboxylic acids is 1. The van der Waals surface area contributed by atoms with Crippen LogP contribution in [0.4, 0.5) is 18.9 Å². The lowest BCUT2D eigenvalue weighted by Gasteiger charge is -2.12. The zero-order valence-electron chi connectivity index (χ0n) is 12.7. The Bertz CT molecular complexity index is 732. The van der Waals surface area contributed by atoms with E-state index in [0.29, 0.717) is 17.8 Å². The summed E-state index contributed by atoms with van der Waals surface area (Å²) >= 11 is 0. The summed E-state index contributed by atoms with van der Waals surface area (Å²) in [7, 11) is 0. The Kier molecular flexibility index (Phi) is 3.66. The quantitative estimate of drug-likeness (QED) is 0.903. The molecule has 0 radical (unpaired) electrons. The summed E-state index contributed by atoms with van der Waals surface area (Å²) in [4.78, 5) is 12.3. The molecule has 0 spiro atoms. The van der Waals surface area contributed by atoms with Crippen LogP contribution in [-0.4, -0.2) is 16.1 Å². The fourth-order valence-electron chi connectivity index (χ4n) is 2.86. The van der Waals surface area contributed by atoms with Gasteiger partial charge in [0.15, 0.2) is 0 Å². The Morgan fingerprint density at radius 1 is 1.30 bits per heavy atom. The number of hydrogen-bond donors (Lipinski definition) is 2. The molecule has 0 saturated heterocycles. The van der Waals surface area contributed by atoms with Gasteiger partial charge in [0.25, 0.3) is 0 Å². The van der Waals surface area contributed by atoms with Gasteiger partial charge in [-0.2, -0.15) is 18.3 Å². The van der Waals surface area contributed by atoms with Crippen molar-refractivity contribution in [2.24, 2.45) is 5.92 Å². The van der Waals surface area contributed by atoms with Crippen molar-refractivity contribution < 1.29 is 18.0 Å². The van der Waals surface area contributed by atoms with Gasteiger partial charge in [-0.3, -0.25) is 9.89 Å². The van der Waals surface area contributed by atoms with Crippen molar-refractivity contribution in [2.45, 2.75) is 32.4 Å². The highest BCUT2D eigenvalue weighted by molar-refractivity contribution is 5.96. The summed E-state index contributed by atoms with van der Waals surface area (Å²) in [6.45, 7) is 3.53. The summed E-state index contributed by atoms with van der Waals surface area (Å²) < 4.78 is 39.2. The van der Waals surface area contributed by atoms with Crippen LogP contribution in [-0.2, 0) is 11.0 Å². The number of aryl methyl sites for hydroxylation is 2. The van der Waals surface area contributed by atoms with Crippen molar-refractivity contribution in [1.29, 1.82) is 0 Å². The van der Waals surface area contributed by atoms with E-state index in [2.05, 4.69) is 15.5 Å². The zero-order valence-corrected chi connectivity index (χ0v) is 12.7. The van der Waals surface area contributed by atoms with E-state index in [1.165, 1.54) is 12.1 Å². The number of amides is 1. The topological polar surface area (TPSA) is 57.8 Å². The molecule has 1 aromatic heterocycles. The molecule has 23 heavy (non-hydrogen) atoms. The molecule has 0 bridgehead atoms. The Balaban J connectivity index is 1.77. The molecule has 2 N–H and O–H groups in total. The average molecular weight is 323 g/mol. The van der Waals surface area contributed by atoms with Crippen molar-refractivity contribution in [3.8, 4) is 0 Å². The van der Waals surface area contributed by atoms with Crippen molar-refractivity contribution >= 4 is 11.6 Å². The first-order valence-electron chi connectivity index (χ1n) is 7.27. The predicted octanol–water partition coefficient (Wildman–Crippen LogP) is 3.79. The predicted molar refractivity (Wildman–Crippen MR) is 79.0 cm³/mol. The molecule has 2 aromatic rings. The zero-order chi connectivity index (χ0) is 16.8. The van der Waals surface area contributed by atoms with Gasteiger partial charge in [0.05, 0.1) is 22.6 Å². The van der Waals surface area contributed by atoms with E-state index in [0.717, 1.165) is 11.8 Å². The number of halogens is 3. The number of rotatable bonds is 3. The van der Waals surface area contributed by atoms with Crippen molar-refractivity contribution in [1.82, 2.24) is 10.2 Å². The second-order valence-corrected chi connectivity index (χ2v) is 5.83. The molecule has 2 unspecified atom stereocenters. The van der Waals surface area contributed by atoms with Gasteiger partial charge in [-0.25, -0.2) is 0 Å². The summed E-state index contributed by atoms with van der Waals surface area (Å²) in [5.41, 5.74) is 1.52. The summed E-state index contributed by atoms with van der Waals surface area (Å²) in [6, 6.07) is 5.45. The first kappa shape index (κ1) is 15.6. The van der Waals surface area contributed by atoms with E-state index >= 15 is 0 Å². The van der Waals surface area contributed by atoms with Gasteiger partial charge in [-0.15, -0.1) is 0 Å². The van der Waals surface area contributed by atoms with Crippen LogP contribution in [0.25, 0.3) is 0 Å². The second kappa shape index (κ2) is 5.40. The average Bonchev–Trinajstić information content (AvgIpc) is 3.23. The molecule has 4 nitrogen and oxygen atoms in total. The molecule has 3 rings (SSSR count). The third-order valence-corrected chi connectivity index (χ3v) is 4.17. The number of benzene rings is 1. The highest BCUT2D eigenvalue weighted by Gasteiger charge is 2.48. The largest absolute Gasteiger partial charge is 0.416 e. The second-order valence-electron chi connectivity index (χ2n) is 5.83. The van der Waals surface area contributed by atoms with E-state index in [-0.39, 0.29) is 17.4 Å². The van der Waals surface area contributed by atoms with Gasteiger partial charge >= 0.3 is 6.18 Å². The number of aromatic nitrogens is 2. The standard InChI is InChI=1S/C16H16F3N3O/c1-8-14(9(2)22-21-8)20-15(23)12-7-11(12)10-5-3-4-6-13(10)16(17,18)19/h3-6,11-12H,7H2,1-2H3,(H,20,23)(H,21,22). The Labute approximate surface area is 131 Å². The lowest BCUT2D eigenvalue weighted by atomic mass is 10.0. The molecule has 1 saturated carbocycles. The highest BCUT2D eigenvalue weighted by Crippen LogP contribution is 2.51. The molecule has 1 amide bonds. The minimum atomic E-state index is -4.40. The smallest absolute Gasteiger partial charge is 0.323 e. The van der Waals surface area contributed by atoms with Gasteiger partial charge in [-0.1, -0.05) is 18.2 Å². The van der Waals surface area contributed by atoms with Gasteiger partial charge in [-0.05, 0) is 37.8 Å². The summed E-state index contributed by atoms with van der Waals surface area (Å²) in [5.74, 6) is -1.09. The minimum Gasteiger partial charge on any atom is -0.323 e. The minimum absolute atomic E-state index is 0.195. The fourth-order valence-corrected chi connectivity index (χ4v) is 2.86. The molecular formula is C16H16F3N3O. The number of nitrogens with one attached hydrogen (secondary N) is 2. The van der Waals surface area contributed by atoms with E-state index in [1.807, 2.05) is 0 Å². The molecule has 1 aliphatic rings. The molecule has 1 aliphatic carbocycles. The number of nitrogens with zero attached hydrogens (tertiary/aromatic N) is 1. The van der Waals surface area contributed by atoms with Gasteiger partial charge in [0.1, 0.15) is 0 Å². The summed E-state index contributed by atoms with van der Waals surface area (Å²) in [6.07, 6.45) is -3.98. The van der Waals surface area contributed by atoms with Crippen LogP contribution in [0.2, 0.25) is 0 Å². The third kappa shape index (κ3) is 2.95. The Hall–Kier alpha value is -2.31. The van der Waals surface area contributed by atoms with Gasteiger partial charge in [0.2, 0.25) is 5.91 Å². The summed E-state index contributed by atoms with van der Waals surface area (Å²) in [5, 5.41) is 9.51. The molecule has 1 heterocycles. The SMILES string of the molecule is Cc1n[nH]c(C)c1NC(=O)C1CC1c1ccccc1C(F)(F)F. The van der Waals surface area contributed by atoms with E-state index in [4.69, 9.17) is 0 Å². The maximum atomic E-state index is 13.1. The van der Waals surface area contributed by atoms with E-state index in [9.17, 15) is 18.0 Å². The molecule has 2 atom stereocenters. The number of anilines is 1. The molecule has 1 fully saturated rings. The van der Waals surface area contributed by atoms with Crippen LogP contribution in [0.3, 0.4) is 0 Å². The first-order valence-corrected chi connectivity index (χ1v) is 7.27. The number of alkyl halides is 3. The number of aromatic amines is 1. The maximum Gasteiger partial charge on any atom is 0.416 e. The van der Waals surface area contributed by atoms with E-state index < -0.39 is 17.7 Å². The number of carbonyl (C=O) groups is 1. The molecule has 1 aromatic carbocycles. The molecule has 0 aliphatic heterocycles. The van der Waals surface area contributed by atoms with Crippen LogP contribution in [0.15, 0.2) is 24.3 Å². The lowest BCUT2D eigenvalue weighted by molar-refractivity contribution is -0.138. The van der Waals surface area contributed by atoms with Crippen molar-refractivity contribution in [3.63, 3.8) is 0 Å². The van der Waals surface area contributed by atoms with E-state index in [1.54, 1.807) is 19.9 Å². The van der Waals surface area contributed by atoms with Crippen molar-refractivity contribution in [2.75, 3.05) is 5.32 Å². The first-order chi connectivity index (χ1) is 10.8. The van der Waals surface area contributed by atoms with Crippen LogP contribution in [0.5, 0.6) is 0 Å². The highest BCUT2D eigenvalue weighted by atomic mass is 19.4. The van der Waals surface area contributed by atoms with Gasteiger partial charge < -0.3 is 5.32 Å². The van der Waals surface area contributed by atoms with Gasteiger partial charge in [0, 0.05) is 5.92 Å².